The van der Waals surface area contributed by atoms with E-state index in [0.29, 0.717) is 11.8 Å². The molecular weight excluding hydrogens is 214 g/mol. The Morgan fingerprint density at radius 2 is 1.82 bits per heavy atom. The van der Waals surface area contributed by atoms with Crippen LogP contribution in [0.25, 0.3) is 0 Å². The van der Waals surface area contributed by atoms with Crippen molar-refractivity contribution in [1.82, 2.24) is 5.32 Å². The van der Waals surface area contributed by atoms with Crippen LogP contribution in [-0.4, -0.2) is 39.5 Å². The Hall–Kier alpha value is -0.120. The Morgan fingerprint density at radius 3 is 2.29 bits per heavy atom. The van der Waals surface area contributed by atoms with E-state index < -0.39 is 0 Å². The molecule has 0 spiro atoms. The summed E-state index contributed by atoms with van der Waals surface area (Å²) >= 11 is 0. The highest BCUT2D eigenvalue weighted by molar-refractivity contribution is 4.73. The summed E-state index contributed by atoms with van der Waals surface area (Å²) in [6, 6.07) is 0. The Labute approximate surface area is 107 Å². The summed E-state index contributed by atoms with van der Waals surface area (Å²) in [6.45, 7) is 11.7. The Morgan fingerprint density at radius 1 is 1.18 bits per heavy atom. The number of rotatable bonds is 10. The molecule has 17 heavy (non-hydrogen) atoms. The largest absolute Gasteiger partial charge is 0.383 e. The van der Waals surface area contributed by atoms with E-state index in [4.69, 9.17) is 9.47 Å². The second-order valence-corrected chi connectivity index (χ2v) is 5.70. The zero-order valence-electron chi connectivity index (χ0n) is 12.5. The maximum absolute atomic E-state index is 5.47. The SMILES string of the molecule is COCCNCC(CCC(C)(C)OC)C(C)C. The third-order valence-electron chi connectivity index (χ3n) is 3.50. The van der Waals surface area contributed by atoms with Gasteiger partial charge in [0, 0.05) is 20.8 Å². The molecule has 1 N–H and O–H groups in total. The number of methoxy groups -OCH3 is 2. The van der Waals surface area contributed by atoms with Gasteiger partial charge in [-0.15, -0.1) is 0 Å². The van der Waals surface area contributed by atoms with Gasteiger partial charge in [-0.3, -0.25) is 0 Å². The summed E-state index contributed by atoms with van der Waals surface area (Å²) in [5.74, 6) is 1.42. The van der Waals surface area contributed by atoms with E-state index >= 15 is 0 Å². The fourth-order valence-corrected chi connectivity index (χ4v) is 1.77. The maximum atomic E-state index is 5.47. The predicted molar refractivity (Wildman–Crippen MR) is 73.4 cm³/mol. The van der Waals surface area contributed by atoms with Crippen LogP contribution in [0.1, 0.15) is 40.5 Å². The fourth-order valence-electron chi connectivity index (χ4n) is 1.77. The molecule has 0 aromatic heterocycles. The molecule has 0 bridgehead atoms. The van der Waals surface area contributed by atoms with Crippen molar-refractivity contribution in [1.29, 1.82) is 0 Å². The summed E-state index contributed by atoms with van der Waals surface area (Å²) in [4.78, 5) is 0. The first-order valence-electron chi connectivity index (χ1n) is 6.67. The van der Waals surface area contributed by atoms with Crippen LogP contribution in [0, 0.1) is 11.8 Å². The van der Waals surface area contributed by atoms with Gasteiger partial charge in [0.1, 0.15) is 0 Å². The molecule has 0 aliphatic heterocycles. The van der Waals surface area contributed by atoms with Crippen molar-refractivity contribution in [2.75, 3.05) is 33.9 Å². The number of hydrogen-bond donors (Lipinski definition) is 1. The van der Waals surface area contributed by atoms with Crippen LogP contribution in [0.15, 0.2) is 0 Å². The normalized spacial score (nSPS) is 14.3. The summed E-state index contributed by atoms with van der Waals surface area (Å²) in [5, 5.41) is 3.46. The summed E-state index contributed by atoms with van der Waals surface area (Å²) in [6.07, 6.45) is 2.32. The van der Waals surface area contributed by atoms with Gasteiger partial charge in [-0.1, -0.05) is 13.8 Å². The van der Waals surface area contributed by atoms with Crippen LogP contribution in [0.3, 0.4) is 0 Å². The van der Waals surface area contributed by atoms with Gasteiger partial charge in [0.2, 0.25) is 0 Å². The van der Waals surface area contributed by atoms with Gasteiger partial charge >= 0.3 is 0 Å². The fraction of sp³-hybridized carbons (Fsp3) is 1.00. The summed E-state index contributed by atoms with van der Waals surface area (Å²) in [7, 11) is 3.53. The zero-order valence-corrected chi connectivity index (χ0v) is 12.5. The molecule has 0 aromatic rings. The molecule has 0 aliphatic carbocycles. The van der Waals surface area contributed by atoms with Gasteiger partial charge < -0.3 is 14.8 Å². The smallest absolute Gasteiger partial charge is 0.0622 e. The lowest BCUT2D eigenvalue weighted by atomic mass is 9.87. The van der Waals surface area contributed by atoms with Crippen LogP contribution < -0.4 is 5.32 Å². The molecule has 0 rings (SSSR count). The second-order valence-electron chi connectivity index (χ2n) is 5.70. The molecule has 0 aromatic carbocycles. The van der Waals surface area contributed by atoms with Crippen molar-refractivity contribution >= 4 is 0 Å². The van der Waals surface area contributed by atoms with Crippen LogP contribution >= 0.6 is 0 Å². The lowest BCUT2D eigenvalue weighted by Crippen LogP contribution is -2.31. The Kier molecular flexibility index (Phi) is 8.83. The average molecular weight is 245 g/mol. The highest BCUT2D eigenvalue weighted by Crippen LogP contribution is 2.23. The van der Waals surface area contributed by atoms with Gasteiger partial charge in [0.25, 0.3) is 0 Å². The van der Waals surface area contributed by atoms with E-state index in [0.717, 1.165) is 26.1 Å². The summed E-state index contributed by atoms with van der Waals surface area (Å²) < 4.78 is 10.5. The van der Waals surface area contributed by atoms with E-state index in [-0.39, 0.29) is 5.60 Å². The van der Waals surface area contributed by atoms with E-state index in [1.165, 1.54) is 6.42 Å². The van der Waals surface area contributed by atoms with Crippen LogP contribution in [0.2, 0.25) is 0 Å². The number of nitrogens with one attached hydrogen (secondary N) is 1. The minimum atomic E-state index is -0.000328. The van der Waals surface area contributed by atoms with E-state index in [2.05, 4.69) is 33.0 Å². The average Bonchev–Trinajstić information content (AvgIpc) is 2.27. The highest BCUT2D eigenvalue weighted by atomic mass is 16.5. The standard InChI is InChI=1S/C14H31NO2/c1-12(2)13(11-15-9-10-16-5)7-8-14(3,4)17-6/h12-13,15H,7-11H2,1-6H3. The molecule has 0 radical (unpaired) electrons. The van der Waals surface area contributed by atoms with Crippen molar-refractivity contribution in [2.24, 2.45) is 11.8 Å². The predicted octanol–water partition coefficient (Wildman–Crippen LogP) is 2.70. The minimum Gasteiger partial charge on any atom is -0.383 e. The molecule has 0 saturated heterocycles. The first-order valence-corrected chi connectivity index (χ1v) is 6.67. The molecular formula is C14H31NO2. The Balaban J connectivity index is 3.90. The maximum Gasteiger partial charge on any atom is 0.0622 e. The third-order valence-corrected chi connectivity index (χ3v) is 3.50. The van der Waals surface area contributed by atoms with Crippen molar-refractivity contribution < 1.29 is 9.47 Å². The molecule has 0 heterocycles. The first-order chi connectivity index (χ1) is 7.93. The van der Waals surface area contributed by atoms with Crippen molar-refractivity contribution in [3.8, 4) is 0 Å². The van der Waals surface area contributed by atoms with Gasteiger partial charge in [-0.2, -0.15) is 0 Å². The van der Waals surface area contributed by atoms with Crippen molar-refractivity contribution in [3.05, 3.63) is 0 Å². The topological polar surface area (TPSA) is 30.5 Å². The second kappa shape index (κ2) is 8.90. The molecule has 1 unspecified atom stereocenters. The van der Waals surface area contributed by atoms with Gasteiger partial charge in [-0.25, -0.2) is 0 Å². The first kappa shape index (κ1) is 16.9. The van der Waals surface area contributed by atoms with E-state index in [1.807, 2.05) is 0 Å². The molecule has 104 valence electrons. The zero-order chi connectivity index (χ0) is 13.3. The van der Waals surface area contributed by atoms with Crippen LogP contribution in [0.4, 0.5) is 0 Å². The number of ether oxygens (including phenoxy) is 2. The van der Waals surface area contributed by atoms with Gasteiger partial charge in [0.15, 0.2) is 0 Å². The van der Waals surface area contributed by atoms with Crippen LogP contribution in [0.5, 0.6) is 0 Å². The van der Waals surface area contributed by atoms with E-state index in [9.17, 15) is 0 Å². The minimum absolute atomic E-state index is 0.000328. The lowest BCUT2D eigenvalue weighted by molar-refractivity contribution is 0.00875. The summed E-state index contributed by atoms with van der Waals surface area (Å²) in [5.41, 5.74) is -0.000328. The van der Waals surface area contributed by atoms with Crippen LogP contribution in [-0.2, 0) is 9.47 Å². The molecule has 0 aliphatic rings. The third kappa shape index (κ3) is 8.58. The van der Waals surface area contributed by atoms with Gasteiger partial charge in [0.05, 0.1) is 12.2 Å². The molecule has 0 amide bonds. The molecule has 0 saturated carbocycles. The van der Waals surface area contributed by atoms with Crippen molar-refractivity contribution in [3.63, 3.8) is 0 Å². The van der Waals surface area contributed by atoms with E-state index in [1.54, 1.807) is 14.2 Å². The highest BCUT2D eigenvalue weighted by Gasteiger charge is 2.20. The quantitative estimate of drug-likeness (QED) is 0.600. The monoisotopic (exact) mass is 245 g/mol. The van der Waals surface area contributed by atoms with Gasteiger partial charge in [-0.05, 0) is 45.1 Å². The molecule has 3 heteroatoms. The molecule has 0 fully saturated rings. The van der Waals surface area contributed by atoms with Crippen molar-refractivity contribution in [2.45, 2.75) is 46.1 Å². The Bertz CT molecular complexity index is 181. The number of hydrogen-bond acceptors (Lipinski definition) is 3. The lowest BCUT2D eigenvalue weighted by Gasteiger charge is -2.28. The molecule has 3 nitrogen and oxygen atoms in total. The molecule has 1 atom stereocenters.